The molecule has 0 saturated heterocycles. The van der Waals surface area contributed by atoms with E-state index in [0.717, 1.165) is 16.5 Å². The number of nitrogens with zero attached hydrogens (tertiary/aromatic N) is 3. The number of halogens is 3. The van der Waals surface area contributed by atoms with Crippen molar-refractivity contribution in [1.82, 2.24) is 19.5 Å². The highest BCUT2D eigenvalue weighted by molar-refractivity contribution is 7.88. The lowest BCUT2D eigenvalue weighted by Crippen LogP contribution is -2.29. The van der Waals surface area contributed by atoms with Gasteiger partial charge in [-0.1, -0.05) is 0 Å². The number of carbonyl (C=O) groups is 2. The number of hydrogen-bond donors (Lipinski definition) is 1. The monoisotopic (exact) mass is 446 g/mol. The lowest BCUT2D eigenvalue weighted by molar-refractivity contribution is -0.193. The number of hydrogen-bond acceptors (Lipinski definition) is 7. The zero-order valence-electron chi connectivity index (χ0n) is 15.7. The smallest absolute Gasteiger partial charge is 0.381 e. The van der Waals surface area contributed by atoms with Crippen LogP contribution in [0.5, 0.6) is 0 Å². The van der Waals surface area contributed by atoms with Crippen LogP contribution in [-0.2, 0) is 38.9 Å². The maximum absolute atomic E-state index is 12.5. The second-order valence-electron chi connectivity index (χ2n) is 6.63. The van der Waals surface area contributed by atoms with E-state index in [9.17, 15) is 31.2 Å². The number of nitrogens with one attached hydrogen (secondary N) is 1. The standard InChI is InChI=1S/C17H17F3N4O5S/c1-30(27,28)22-6-2-8-24-14(15(25)29-16(26)17(18,19)20)12-4-3-10-9-21-7-5-11(10)13(12)23-24/h5,7,9,22H,2-4,6,8H2,1H3. The van der Waals surface area contributed by atoms with Crippen molar-refractivity contribution in [3.63, 3.8) is 0 Å². The minimum absolute atomic E-state index is 0.0145. The summed E-state index contributed by atoms with van der Waals surface area (Å²) >= 11 is 0. The molecule has 0 amide bonds. The van der Waals surface area contributed by atoms with Crippen LogP contribution in [0.1, 0.15) is 28.0 Å². The minimum atomic E-state index is -5.32. The Bertz CT molecular complexity index is 1100. The van der Waals surface area contributed by atoms with Crippen LogP contribution in [0.15, 0.2) is 18.5 Å². The van der Waals surface area contributed by atoms with Gasteiger partial charge in [-0.3, -0.25) is 9.67 Å². The quantitative estimate of drug-likeness (QED) is 0.403. The molecule has 2 aromatic rings. The third kappa shape index (κ3) is 4.84. The molecule has 162 valence electrons. The second kappa shape index (κ2) is 8.14. The summed E-state index contributed by atoms with van der Waals surface area (Å²) in [7, 11) is -3.43. The molecule has 1 aliphatic rings. The number of aromatic nitrogens is 3. The van der Waals surface area contributed by atoms with Crippen molar-refractivity contribution in [1.29, 1.82) is 0 Å². The third-order valence-corrected chi connectivity index (χ3v) is 5.10. The van der Waals surface area contributed by atoms with Gasteiger partial charge < -0.3 is 4.74 Å². The highest BCUT2D eigenvalue weighted by Gasteiger charge is 2.43. The first-order valence-corrected chi connectivity index (χ1v) is 10.7. The molecule has 3 rings (SSSR count). The Morgan fingerprint density at radius 1 is 1.30 bits per heavy atom. The summed E-state index contributed by atoms with van der Waals surface area (Å²) in [6.07, 6.45) is -0.212. The molecule has 0 saturated carbocycles. The van der Waals surface area contributed by atoms with E-state index in [1.165, 1.54) is 6.20 Å². The van der Waals surface area contributed by atoms with Crippen LogP contribution < -0.4 is 4.72 Å². The van der Waals surface area contributed by atoms with Gasteiger partial charge in [0.25, 0.3) is 0 Å². The molecule has 0 aromatic carbocycles. The molecule has 2 heterocycles. The van der Waals surface area contributed by atoms with Crippen LogP contribution >= 0.6 is 0 Å². The van der Waals surface area contributed by atoms with Gasteiger partial charge in [-0.05, 0) is 30.9 Å². The summed E-state index contributed by atoms with van der Waals surface area (Å²) < 4.78 is 67.4. The number of ether oxygens (including phenoxy) is 1. The zero-order valence-corrected chi connectivity index (χ0v) is 16.5. The fourth-order valence-corrected chi connectivity index (χ4v) is 3.65. The van der Waals surface area contributed by atoms with Crippen molar-refractivity contribution in [3.05, 3.63) is 35.3 Å². The van der Waals surface area contributed by atoms with Gasteiger partial charge in [0, 0.05) is 36.6 Å². The molecule has 2 aromatic heterocycles. The van der Waals surface area contributed by atoms with Crippen molar-refractivity contribution in [2.75, 3.05) is 12.8 Å². The Morgan fingerprint density at radius 3 is 2.70 bits per heavy atom. The molecule has 0 spiro atoms. The molecular formula is C17H17F3N4O5S. The summed E-state index contributed by atoms with van der Waals surface area (Å²) in [4.78, 5) is 27.6. The highest BCUT2D eigenvalue weighted by atomic mass is 32.2. The van der Waals surface area contributed by atoms with Crippen LogP contribution in [0.4, 0.5) is 13.2 Å². The van der Waals surface area contributed by atoms with E-state index >= 15 is 0 Å². The van der Waals surface area contributed by atoms with Crippen molar-refractivity contribution >= 4 is 22.0 Å². The molecule has 0 fully saturated rings. The van der Waals surface area contributed by atoms with Gasteiger partial charge >= 0.3 is 18.1 Å². The number of carbonyl (C=O) groups excluding carboxylic acids is 2. The maximum Gasteiger partial charge on any atom is 0.491 e. The molecule has 0 radical (unpaired) electrons. The number of sulfonamides is 1. The summed E-state index contributed by atoms with van der Waals surface area (Å²) in [6, 6.07) is 1.67. The molecule has 30 heavy (non-hydrogen) atoms. The fourth-order valence-electron chi connectivity index (χ4n) is 3.14. The van der Waals surface area contributed by atoms with E-state index in [1.807, 2.05) is 0 Å². The largest absolute Gasteiger partial charge is 0.491 e. The van der Waals surface area contributed by atoms with Crippen molar-refractivity contribution < 1.29 is 35.9 Å². The number of rotatable bonds is 6. The SMILES string of the molecule is CS(=O)(=O)NCCCn1nc2c(c1C(=O)OC(=O)C(F)(F)F)CCc1cnccc1-2. The molecular weight excluding hydrogens is 429 g/mol. The van der Waals surface area contributed by atoms with E-state index in [1.54, 1.807) is 12.3 Å². The number of pyridine rings is 1. The predicted octanol–water partition coefficient (Wildman–Crippen LogP) is 1.23. The van der Waals surface area contributed by atoms with Gasteiger partial charge in [0.1, 0.15) is 0 Å². The first kappa shape index (κ1) is 21.9. The van der Waals surface area contributed by atoms with Crippen molar-refractivity contribution in [2.45, 2.75) is 32.0 Å². The fraction of sp³-hybridized carbons (Fsp3) is 0.412. The summed E-state index contributed by atoms with van der Waals surface area (Å²) in [5.74, 6) is -4.08. The molecule has 1 N–H and O–H groups in total. The summed E-state index contributed by atoms with van der Waals surface area (Å²) in [5.41, 5.74) is 2.03. The number of esters is 2. The van der Waals surface area contributed by atoms with Crippen LogP contribution in [0.2, 0.25) is 0 Å². The Labute approximate surface area is 169 Å². The molecule has 13 heteroatoms. The van der Waals surface area contributed by atoms with Crippen LogP contribution in [0, 0.1) is 0 Å². The number of alkyl halides is 3. The predicted molar refractivity (Wildman–Crippen MR) is 96.8 cm³/mol. The molecule has 0 bridgehead atoms. The second-order valence-corrected chi connectivity index (χ2v) is 8.46. The Kier molecular flexibility index (Phi) is 5.94. The highest BCUT2D eigenvalue weighted by Crippen LogP contribution is 2.34. The minimum Gasteiger partial charge on any atom is -0.381 e. The van der Waals surface area contributed by atoms with E-state index < -0.39 is 28.1 Å². The molecule has 0 unspecified atom stereocenters. The first-order valence-electron chi connectivity index (χ1n) is 8.78. The Balaban J connectivity index is 1.94. The van der Waals surface area contributed by atoms with Crippen LogP contribution in [0.3, 0.4) is 0 Å². The van der Waals surface area contributed by atoms with Gasteiger partial charge in [-0.15, -0.1) is 0 Å². The summed E-state index contributed by atoms with van der Waals surface area (Å²) in [6.45, 7) is 0.0421. The van der Waals surface area contributed by atoms with E-state index in [4.69, 9.17) is 0 Å². The molecule has 0 atom stereocenters. The maximum atomic E-state index is 12.5. The Morgan fingerprint density at radius 2 is 2.03 bits per heavy atom. The lowest BCUT2D eigenvalue weighted by Gasteiger charge is -2.15. The average Bonchev–Trinajstić information content (AvgIpc) is 3.02. The van der Waals surface area contributed by atoms with E-state index in [0.29, 0.717) is 29.7 Å². The van der Waals surface area contributed by atoms with E-state index in [-0.39, 0.29) is 25.2 Å². The molecule has 9 nitrogen and oxygen atoms in total. The third-order valence-electron chi connectivity index (χ3n) is 4.37. The van der Waals surface area contributed by atoms with Gasteiger partial charge in [-0.2, -0.15) is 18.3 Å². The number of aryl methyl sites for hydroxylation is 2. The van der Waals surface area contributed by atoms with Crippen LogP contribution in [-0.4, -0.2) is 54.1 Å². The molecule has 1 aliphatic carbocycles. The van der Waals surface area contributed by atoms with Crippen LogP contribution in [0.25, 0.3) is 11.3 Å². The first-order chi connectivity index (χ1) is 14.0. The summed E-state index contributed by atoms with van der Waals surface area (Å²) in [5, 5.41) is 4.33. The van der Waals surface area contributed by atoms with Gasteiger partial charge in [0.2, 0.25) is 10.0 Å². The van der Waals surface area contributed by atoms with Gasteiger partial charge in [0.15, 0.2) is 5.69 Å². The lowest BCUT2D eigenvalue weighted by atomic mass is 9.90. The molecule has 0 aliphatic heterocycles. The van der Waals surface area contributed by atoms with Gasteiger partial charge in [0.05, 0.1) is 11.9 Å². The Hall–Kier alpha value is -2.80. The van der Waals surface area contributed by atoms with Crippen molar-refractivity contribution in [2.24, 2.45) is 0 Å². The van der Waals surface area contributed by atoms with Crippen molar-refractivity contribution in [3.8, 4) is 11.3 Å². The number of fused-ring (bicyclic) bond motifs is 3. The average molecular weight is 446 g/mol. The van der Waals surface area contributed by atoms with Gasteiger partial charge in [-0.25, -0.2) is 22.7 Å². The topological polar surface area (TPSA) is 120 Å². The normalized spacial score (nSPS) is 13.5. The zero-order chi connectivity index (χ0) is 22.1. The van der Waals surface area contributed by atoms with E-state index in [2.05, 4.69) is 19.5 Å².